The van der Waals surface area contributed by atoms with Crippen molar-refractivity contribution in [3.63, 3.8) is 0 Å². The van der Waals surface area contributed by atoms with Gasteiger partial charge in [-0.2, -0.15) is 0 Å². The number of likely N-dealkylation sites (N-methyl/N-ethyl adjacent to an activating group) is 1. The van der Waals surface area contributed by atoms with Crippen LogP contribution in [0.2, 0.25) is 0 Å². The molecule has 0 saturated carbocycles. The summed E-state index contributed by atoms with van der Waals surface area (Å²) in [4.78, 5) is 46.2. The van der Waals surface area contributed by atoms with Crippen LogP contribution in [-0.2, 0) is 16.1 Å². The largest absolute Gasteiger partial charge is 0.335 e. The second-order valence-electron chi connectivity index (χ2n) is 6.36. The maximum atomic E-state index is 13.4. The second-order valence-corrected chi connectivity index (χ2v) is 6.36. The van der Waals surface area contributed by atoms with E-state index in [-0.39, 0.29) is 18.5 Å². The average Bonchev–Trinajstić information content (AvgIpc) is 2.64. The van der Waals surface area contributed by atoms with Crippen LogP contribution in [0, 0.1) is 12.7 Å². The third kappa shape index (κ3) is 4.37. The number of aryl methyl sites for hydroxylation is 1. The number of nitrogens with one attached hydrogen (secondary N) is 1. The van der Waals surface area contributed by atoms with Gasteiger partial charge in [0.2, 0.25) is 11.8 Å². The van der Waals surface area contributed by atoms with Gasteiger partial charge in [-0.05, 0) is 42.8 Å². The Bertz CT molecular complexity index is 1110. The molecular formula is C19H18FN5O3. The number of halogens is 1. The Hall–Kier alpha value is -3.62. The minimum absolute atomic E-state index is 0.0845. The molecule has 2 heterocycles. The van der Waals surface area contributed by atoms with E-state index in [1.54, 1.807) is 18.3 Å². The molecule has 2 aromatic heterocycles. The van der Waals surface area contributed by atoms with E-state index in [4.69, 9.17) is 0 Å². The molecule has 0 fully saturated rings. The predicted molar refractivity (Wildman–Crippen MR) is 101 cm³/mol. The number of aromatic nitrogens is 3. The lowest BCUT2D eigenvalue weighted by Crippen LogP contribution is -2.38. The first-order valence-electron chi connectivity index (χ1n) is 8.44. The number of carbonyl (C=O) groups excluding carboxylic acids is 2. The summed E-state index contributed by atoms with van der Waals surface area (Å²) in [5.41, 5.74) is 0.752. The Labute approximate surface area is 159 Å². The predicted octanol–water partition coefficient (Wildman–Crippen LogP) is 1.34. The van der Waals surface area contributed by atoms with Crippen molar-refractivity contribution in [2.45, 2.75) is 13.5 Å². The summed E-state index contributed by atoms with van der Waals surface area (Å²) in [6.45, 7) is 1.35. The molecule has 0 saturated heterocycles. The molecule has 0 bridgehead atoms. The minimum atomic E-state index is -0.561. The van der Waals surface area contributed by atoms with E-state index in [1.165, 1.54) is 30.4 Å². The fourth-order valence-corrected chi connectivity index (χ4v) is 2.60. The van der Waals surface area contributed by atoms with Crippen LogP contribution in [0.15, 0.2) is 47.7 Å². The van der Waals surface area contributed by atoms with E-state index in [0.717, 1.165) is 16.2 Å². The van der Waals surface area contributed by atoms with Crippen LogP contribution in [0.1, 0.15) is 5.56 Å². The van der Waals surface area contributed by atoms with Gasteiger partial charge in [0.15, 0.2) is 0 Å². The van der Waals surface area contributed by atoms with Crippen molar-refractivity contribution in [2.75, 3.05) is 18.9 Å². The van der Waals surface area contributed by atoms with Crippen LogP contribution in [0.5, 0.6) is 0 Å². The molecule has 1 N–H and O–H groups in total. The highest BCUT2D eigenvalue weighted by atomic mass is 19.1. The minimum Gasteiger partial charge on any atom is -0.335 e. The van der Waals surface area contributed by atoms with Gasteiger partial charge in [-0.25, -0.2) is 14.4 Å². The summed E-state index contributed by atoms with van der Waals surface area (Å²) in [6, 6.07) is 7.19. The van der Waals surface area contributed by atoms with Crippen LogP contribution in [0.25, 0.3) is 10.9 Å². The van der Waals surface area contributed by atoms with Gasteiger partial charge in [0.25, 0.3) is 5.56 Å². The monoisotopic (exact) mass is 383 g/mol. The molecule has 0 aliphatic carbocycles. The summed E-state index contributed by atoms with van der Waals surface area (Å²) in [5.74, 6) is -1.05. The van der Waals surface area contributed by atoms with Crippen molar-refractivity contribution >= 4 is 28.5 Å². The van der Waals surface area contributed by atoms with E-state index in [0.29, 0.717) is 11.3 Å². The van der Waals surface area contributed by atoms with Crippen molar-refractivity contribution in [2.24, 2.45) is 0 Å². The van der Waals surface area contributed by atoms with Gasteiger partial charge in [0, 0.05) is 13.2 Å². The number of pyridine rings is 1. The Balaban J connectivity index is 1.67. The van der Waals surface area contributed by atoms with Gasteiger partial charge in [-0.15, -0.1) is 0 Å². The van der Waals surface area contributed by atoms with Gasteiger partial charge in [0.1, 0.15) is 18.2 Å². The molecule has 1 aromatic carbocycles. The van der Waals surface area contributed by atoms with Crippen LogP contribution < -0.4 is 10.9 Å². The third-order valence-corrected chi connectivity index (χ3v) is 4.08. The number of benzene rings is 1. The molecule has 144 valence electrons. The van der Waals surface area contributed by atoms with Crippen molar-refractivity contribution in [1.29, 1.82) is 0 Å². The fraction of sp³-hybridized carbons (Fsp3) is 0.211. The zero-order valence-corrected chi connectivity index (χ0v) is 15.3. The maximum Gasteiger partial charge on any atom is 0.261 e. The molecule has 0 atom stereocenters. The normalized spacial score (nSPS) is 10.7. The van der Waals surface area contributed by atoms with Crippen molar-refractivity contribution in [1.82, 2.24) is 19.4 Å². The zero-order chi connectivity index (χ0) is 20.3. The summed E-state index contributed by atoms with van der Waals surface area (Å²) < 4.78 is 14.5. The molecular weight excluding hydrogens is 365 g/mol. The molecule has 2 amide bonds. The van der Waals surface area contributed by atoms with Gasteiger partial charge >= 0.3 is 0 Å². The van der Waals surface area contributed by atoms with Crippen molar-refractivity contribution in [3.8, 4) is 0 Å². The molecule has 0 spiro atoms. The van der Waals surface area contributed by atoms with Gasteiger partial charge in [-0.3, -0.25) is 19.0 Å². The highest BCUT2D eigenvalue weighted by Crippen LogP contribution is 2.09. The number of rotatable bonds is 5. The molecule has 0 aliphatic rings. The summed E-state index contributed by atoms with van der Waals surface area (Å²) in [6.07, 6.45) is 2.80. The number of anilines is 1. The van der Waals surface area contributed by atoms with Crippen LogP contribution in [0.3, 0.4) is 0 Å². The van der Waals surface area contributed by atoms with Crippen LogP contribution in [-0.4, -0.2) is 44.8 Å². The Morgan fingerprint density at radius 2 is 2.00 bits per heavy atom. The lowest BCUT2D eigenvalue weighted by atomic mass is 10.2. The molecule has 0 aliphatic heterocycles. The molecule has 8 nitrogen and oxygen atoms in total. The average molecular weight is 383 g/mol. The van der Waals surface area contributed by atoms with Gasteiger partial charge < -0.3 is 10.2 Å². The lowest BCUT2D eigenvalue weighted by Gasteiger charge is -2.17. The Morgan fingerprint density at radius 1 is 1.21 bits per heavy atom. The molecule has 0 unspecified atom stereocenters. The number of nitrogens with zero attached hydrogens (tertiary/aromatic N) is 4. The third-order valence-electron chi connectivity index (χ3n) is 4.08. The van der Waals surface area contributed by atoms with Crippen molar-refractivity contribution < 1.29 is 14.0 Å². The topological polar surface area (TPSA) is 97.2 Å². The number of carbonyl (C=O) groups is 2. The molecule has 3 rings (SSSR count). The SMILES string of the molecule is Cc1ccnc(NC(=O)CN(C)C(=O)Cn2cnc3ccc(F)cc3c2=O)c1. The van der Waals surface area contributed by atoms with E-state index >= 15 is 0 Å². The molecule has 9 heteroatoms. The second kappa shape index (κ2) is 7.95. The molecule has 0 radical (unpaired) electrons. The standard InChI is InChI=1S/C19H18FN5O3/c1-12-5-6-21-16(7-12)23-17(26)9-24(2)18(27)10-25-11-22-15-4-3-13(20)8-14(15)19(25)28/h3-8,11H,9-10H2,1-2H3,(H,21,23,26). The first-order valence-corrected chi connectivity index (χ1v) is 8.44. The first kappa shape index (κ1) is 19.2. The molecule has 28 heavy (non-hydrogen) atoms. The zero-order valence-electron chi connectivity index (χ0n) is 15.3. The highest BCUT2D eigenvalue weighted by molar-refractivity contribution is 5.93. The number of hydrogen-bond acceptors (Lipinski definition) is 5. The summed E-state index contributed by atoms with van der Waals surface area (Å²) in [5, 5.41) is 2.69. The van der Waals surface area contributed by atoms with E-state index in [1.807, 2.05) is 6.92 Å². The smallest absolute Gasteiger partial charge is 0.261 e. The number of hydrogen-bond donors (Lipinski definition) is 1. The van der Waals surface area contributed by atoms with Gasteiger partial charge in [-0.1, -0.05) is 0 Å². The molecule has 3 aromatic rings. The van der Waals surface area contributed by atoms with Crippen LogP contribution in [0.4, 0.5) is 10.2 Å². The van der Waals surface area contributed by atoms with E-state index in [9.17, 15) is 18.8 Å². The summed E-state index contributed by atoms with van der Waals surface area (Å²) >= 11 is 0. The first-order chi connectivity index (χ1) is 13.3. The lowest BCUT2D eigenvalue weighted by molar-refractivity contribution is -0.133. The van der Waals surface area contributed by atoms with Crippen molar-refractivity contribution in [3.05, 3.63) is 64.6 Å². The summed E-state index contributed by atoms with van der Waals surface area (Å²) in [7, 11) is 1.45. The number of amides is 2. The highest BCUT2D eigenvalue weighted by Gasteiger charge is 2.15. The van der Waals surface area contributed by atoms with E-state index in [2.05, 4.69) is 15.3 Å². The Kier molecular flexibility index (Phi) is 5.44. The van der Waals surface area contributed by atoms with E-state index < -0.39 is 23.2 Å². The quantitative estimate of drug-likeness (QED) is 0.717. The number of fused-ring (bicyclic) bond motifs is 1. The maximum absolute atomic E-state index is 13.4. The van der Waals surface area contributed by atoms with Gasteiger partial charge in [0.05, 0.1) is 23.8 Å². The van der Waals surface area contributed by atoms with Crippen LogP contribution >= 0.6 is 0 Å². The Morgan fingerprint density at radius 3 is 2.75 bits per heavy atom. The fourth-order valence-electron chi connectivity index (χ4n) is 2.60.